The van der Waals surface area contributed by atoms with Gasteiger partial charge in [-0.25, -0.2) is 4.98 Å². The van der Waals surface area contributed by atoms with Crippen LogP contribution >= 0.6 is 22.7 Å². The molecule has 0 spiro atoms. The van der Waals surface area contributed by atoms with Gasteiger partial charge < -0.3 is 10.2 Å². The van der Waals surface area contributed by atoms with Crippen molar-refractivity contribution in [1.82, 2.24) is 25.1 Å². The quantitative estimate of drug-likeness (QED) is 0.729. The summed E-state index contributed by atoms with van der Waals surface area (Å²) >= 11 is 3.17. The number of hydrogen-bond acceptors (Lipinski definition) is 7. The standard InChI is InChI=1S/C18H21N5OS2/c1-22-6-8-23(9-7-22)12-13-2-3-16(25-13)18(24)20-11-17-21-14-10-19-5-4-15(14)26-17/h2-5,10H,6-9,11-12H2,1H3,(H,20,24). The zero-order valence-electron chi connectivity index (χ0n) is 14.6. The molecule has 3 aromatic rings. The average Bonchev–Trinajstić information content (AvgIpc) is 3.28. The smallest absolute Gasteiger partial charge is 0.261 e. The lowest BCUT2D eigenvalue weighted by molar-refractivity contribution is 0.0955. The van der Waals surface area contributed by atoms with E-state index in [0.717, 1.165) is 52.8 Å². The maximum Gasteiger partial charge on any atom is 0.261 e. The van der Waals surface area contributed by atoms with Gasteiger partial charge in [-0.15, -0.1) is 22.7 Å². The molecule has 1 aliphatic rings. The molecule has 8 heteroatoms. The van der Waals surface area contributed by atoms with Crippen LogP contribution in [0.1, 0.15) is 19.6 Å². The van der Waals surface area contributed by atoms with Gasteiger partial charge in [0.15, 0.2) is 0 Å². The summed E-state index contributed by atoms with van der Waals surface area (Å²) in [5.74, 6) is -0.0305. The number of piperazine rings is 1. The summed E-state index contributed by atoms with van der Waals surface area (Å²) in [4.78, 5) is 27.8. The molecule has 0 atom stereocenters. The molecular weight excluding hydrogens is 366 g/mol. The minimum atomic E-state index is -0.0305. The second-order valence-corrected chi connectivity index (χ2v) is 8.76. The number of thiophene rings is 1. The van der Waals surface area contributed by atoms with E-state index in [1.807, 2.05) is 12.1 Å². The molecule has 26 heavy (non-hydrogen) atoms. The number of carbonyl (C=O) groups is 1. The maximum atomic E-state index is 12.4. The molecule has 0 unspecified atom stereocenters. The van der Waals surface area contributed by atoms with Gasteiger partial charge in [0, 0.05) is 43.8 Å². The molecule has 1 amide bonds. The zero-order chi connectivity index (χ0) is 17.9. The minimum absolute atomic E-state index is 0.0305. The van der Waals surface area contributed by atoms with E-state index in [4.69, 9.17) is 0 Å². The van der Waals surface area contributed by atoms with Crippen LogP contribution in [0.15, 0.2) is 30.6 Å². The normalized spacial score (nSPS) is 16.2. The van der Waals surface area contributed by atoms with Crippen LogP contribution in [-0.2, 0) is 13.1 Å². The Balaban J connectivity index is 1.32. The minimum Gasteiger partial charge on any atom is -0.345 e. The van der Waals surface area contributed by atoms with Crippen LogP contribution in [0.4, 0.5) is 0 Å². The lowest BCUT2D eigenvalue weighted by Gasteiger charge is -2.31. The molecule has 4 heterocycles. The molecule has 1 N–H and O–H groups in total. The summed E-state index contributed by atoms with van der Waals surface area (Å²) in [6.45, 7) is 5.76. The maximum absolute atomic E-state index is 12.4. The van der Waals surface area contributed by atoms with E-state index in [2.05, 4.69) is 38.2 Å². The number of nitrogens with one attached hydrogen (secondary N) is 1. The van der Waals surface area contributed by atoms with Crippen LogP contribution < -0.4 is 5.32 Å². The summed E-state index contributed by atoms with van der Waals surface area (Å²) in [5.41, 5.74) is 0.882. The first-order valence-electron chi connectivity index (χ1n) is 8.64. The lowest BCUT2D eigenvalue weighted by atomic mass is 10.3. The molecule has 0 radical (unpaired) electrons. The third-order valence-corrected chi connectivity index (χ3v) is 6.60. The fourth-order valence-corrected chi connectivity index (χ4v) is 4.80. The van der Waals surface area contributed by atoms with E-state index < -0.39 is 0 Å². The largest absolute Gasteiger partial charge is 0.345 e. The van der Waals surface area contributed by atoms with E-state index in [1.165, 1.54) is 4.88 Å². The van der Waals surface area contributed by atoms with E-state index in [-0.39, 0.29) is 5.91 Å². The monoisotopic (exact) mass is 387 g/mol. The Bertz CT molecular complexity index is 865. The van der Waals surface area contributed by atoms with Crippen LogP contribution in [0, 0.1) is 0 Å². The molecule has 0 bridgehead atoms. The van der Waals surface area contributed by atoms with Crippen LogP contribution in [0.2, 0.25) is 0 Å². The van der Waals surface area contributed by atoms with Crippen molar-refractivity contribution < 1.29 is 4.79 Å². The Morgan fingerprint density at radius 2 is 2.04 bits per heavy atom. The van der Waals surface area contributed by atoms with Crippen LogP contribution in [0.3, 0.4) is 0 Å². The lowest BCUT2D eigenvalue weighted by Crippen LogP contribution is -2.43. The predicted octanol–water partition coefficient (Wildman–Crippen LogP) is 2.43. The first-order chi connectivity index (χ1) is 12.7. The fraction of sp³-hybridized carbons (Fsp3) is 0.389. The Labute approximate surface area is 160 Å². The molecular formula is C18H21N5OS2. The first kappa shape index (κ1) is 17.5. The molecule has 0 aromatic carbocycles. The fourth-order valence-electron chi connectivity index (χ4n) is 2.96. The highest BCUT2D eigenvalue weighted by Crippen LogP contribution is 2.22. The highest BCUT2D eigenvalue weighted by molar-refractivity contribution is 7.18. The van der Waals surface area contributed by atoms with E-state index in [1.54, 1.807) is 35.1 Å². The second-order valence-electron chi connectivity index (χ2n) is 6.48. The van der Waals surface area contributed by atoms with Crippen molar-refractivity contribution in [3.05, 3.63) is 45.4 Å². The summed E-state index contributed by atoms with van der Waals surface area (Å²) < 4.78 is 1.09. The number of likely N-dealkylation sites (N-methyl/N-ethyl adjacent to an activating group) is 1. The Morgan fingerprint density at radius 3 is 2.85 bits per heavy atom. The van der Waals surface area contributed by atoms with E-state index in [0.29, 0.717) is 6.54 Å². The van der Waals surface area contributed by atoms with Gasteiger partial charge in [0.2, 0.25) is 0 Å². The van der Waals surface area contributed by atoms with Crippen molar-refractivity contribution in [3.8, 4) is 0 Å². The third-order valence-electron chi connectivity index (χ3n) is 4.50. The van der Waals surface area contributed by atoms with Crippen molar-refractivity contribution in [2.24, 2.45) is 0 Å². The number of thiazole rings is 1. The molecule has 1 saturated heterocycles. The number of aromatic nitrogens is 2. The molecule has 1 aliphatic heterocycles. The average molecular weight is 388 g/mol. The second kappa shape index (κ2) is 7.79. The van der Waals surface area contributed by atoms with Gasteiger partial charge in [0.1, 0.15) is 5.01 Å². The SMILES string of the molecule is CN1CCN(Cc2ccc(C(=O)NCc3nc4cnccc4s3)s2)CC1. The molecule has 0 aliphatic carbocycles. The van der Waals surface area contributed by atoms with Gasteiger partial charge >= 0.3 is 0 Å². The summed E-state index contributed by atoms with van der Waals surface area (Å²) in [6, 6.07) is 5.94. The number of fused-ring (bicyclic) bond motifs is 1. The van der Waals surface area contributed by atoms with Gasteiger partial charge in [0.05, 0.1) is 27.8 Å². The molecule has 1 fully saturated rings. The number of amides is 1. The highest BCUT2D eigenvalue weighted by atomic mass is 32.1. The van der Waals surface area contributed by atoms with E-state index >= 15 is 0 Å². The van der Waals surface area contributed by atoms with Gasteiger partial charge in [-0.3, -0.25) is 14.7 Å². The van der Waals surface area contributed by atoms with Crippen molar-refractivity contribution in [2.75, 3.05) is 33.2 Å². The number of hydrogen-bond donors (Lipinski definition) is 1. The van der Waals surface area contributed by atoms with Crippen molar-refractivity contribution in [1.29, 1.82) is 0 Å². The van der Waals surface area contributed by atoms with Gasteiger partial charge in [-0.1, -0.05) is 0 Å². The Kier molecular flexibility index (Phi) is 5.26. The van der Waals surface area contributed by atoms with Gasteiger partial charge in [-0.05, 0) is 25.2 Å². The molecule has 3 aromatic heterocycles. The van der Waals surface area contributed by atoms with Crippen molar-refractivity contribution in [2.45, 2.75) is 13.1 Å². The highest BCUT2D eigenvalue weighted by Gasteiger charge is 2.16. The van der Waals surface area contributed by atoms with Crippen LogP contribution in [0.5, 0.6) is 0 Å². The zero-order valence-corrected chi connectivity index (χ0v) is 16.3. The summed E-state index contributed by atoms with van der Waals surface area (Å²) in [6.07, 6.45) is 3.51. The molecule has 136 valence electrons. The third kappa shape index (κ3) is 4.09. The van der Waals surface area contributed by atoms with Crippen LogP contribution in [0.25, 0.3) is 10.2 Å². The number of nitrogens with zero attached hydrogens (tertiary/aromatic N) is 4. The summed E-state index contributed by atoms with van der Waals surface area (Å²) in [7, 11) is 2.16. The number of rotatable bonds is 5. The molecule has 4 rings (SSSR count). The van der Waals surface area contributed by atoms with Crippen molar-refractivity contribution in [3.63, 3.8) is 0 Å². The summed E-state index contributed by atoms with van der Waals surface area (Å²) in [5, 5.41) is 3.88. The first-order valence-corrected chi connectivity index (χ1v) is 10.3. The molecule has 6 nitrogen and oxygen atoms in total. The Morgan fingerprint density at radius 1 is 1.19 bits per heavy atom. The number of pyridine rings is 1. The number of carbonyl (C=O) groups excluding carboxylic acids is 1. The van der Waals surface area contributed by atoms with E-state index in [9.17, 15) is 4.79 Å². The van der Waals surface area contributed by atoms with Crippen LogP contribution in [-0.4, -0.2) is 58.9 Å². The van der Waals surface area contributed by atoms with Crippen molar-refractivity contribution >= 4 is 38.8 Å². The predicted molar refractivity (Wildman–Crippen MR) is 106 cm³/mol. The van der Waals surface area contributed by atoms with Gasteiger partial charge in [-0.2, -0.15) is 0 Å². The Hall–Kier alpha value is -1.87. The topological polar surface area (TPSA) is 61.4 Å². The molecule has 0 saturated carbocycles. The van der Waals surface area contributed by atoms with Gasteiger partial charge in [0.25, 0.3) is 5.91 Å².